The second-order valence-corrected chi connectivity index (χ2v) is 4.12. The first kappa shape index (κ1) is 8.16. The highest BCUT2D eigenvalue weighted by Crippen LogP contribution is 2.36. The minimum atomic E-state index is 0.692. The maximum atomic E-state index is 5.21. The molecule has 0 radical (unpaired) electrons. The maximum Gasteiger partial charge on any atom is 0.108 e. The maximum absolute atomic E-state index is 5.21. The van der Waals surface area contributed by atoms with Crippen molar-refractivity contribution in [2.45, 2.75) is 31.7 Å². The summed E-state index contributed by atoms with van der Waals surface area (Å²) in [7, 11) is 0. The first-order valence-corrected chi connectivity index (χ1v) is 5.16. The molecular weight excluding hydrogens is 170 g/mol. The Morgan fingerprint density at radius 2 is 2.50 bits per heavy atom. The number of hydrogen-bond donors (Lipinski definition) is 2. The standard InChI is InChI=1S/C8H13N3S/c9-10-4-8-11-7(5-12-8)6-2-1-3-6/h5-6,10H,1-4,9H2. The molecule has 4 heteroatoms. The third-order valence-electron chi connectivity index (χ3n) is 2.35. The number of aromatic nitrogens is 1. The van der Waals surface area contributed by atoms with Crippen LogP contribution in [0.25, 0.3) is 0 Å². The van der Waals surface area contributed by atoms with Crippen molar-refractivity contribution in [1.29, 1.82) is 0 Å². The molecule has 0 bridgehead atoms. The molecule has 0 atom stereocenters. The molecule has 0 unspecified atom stereocenters. The first-order valence-electron chi connectivity index (χ1n) is 4.28. The first-order chi connectivity index (χ1) is 5.90. The van der Waals surface area contributed by atoms with Crippen LogP contribution in [0.15, 0.2) is 5.38 Å². The van der Waals surface area contributed by atoms with Crippen LogP contribution in [0.4, 0.5) is 0 Å². The van der Waals surface area contributed by atoms with Crippen molar-refractivity contribution in [2.24, 2.45) is 5.84 Å². The zero-order chi connectivity index (χ0) is 8.39. The highest BCUT2D eigenvalue weighted by atomic mass is 32.1. The summed E-state index contributed by atoms with van der Waals surface area (Å²) in [6.45, 7) is 0.692. The molecule has 3 nitrogen and oxygen atoms in total. The number of nitrogens with two attached hydrogens (primary N) is 1. The molecule has 1 saturated carbocycles. The Labute approximate surface area is 76.0 Å². The molecule has 3 N–H and O–H groups in total. The largest absolute Gasteiger partial charge is 0.271 e. The molecule has 1 aliphatic rings. The predicted molar refractivity (Wildman–Crippen MR) is 49.7 cm³/mol. The predicted octanol–water partition coefficient (Wildman–Crippen LogP) is 1.37. The molecule has 0 spiro atoms. The van der Waals surface area contributed by atoms with Crippen LogP contribution in [-0.4, -0.2) is 4.98 Å². The van der Waals surface area contributed by atoms with Crippen LogP contribution >= 0.6 is 11.3 Å². The Balaban J connectivity index is 2.02. The SMILES string of the molecule is NNCc1nc(C2CCC2)cs1. The Morgan fingerprint density at radius 1 is 1.67 bits per heavy atom. The van der Waals surface area contributed by atoms with E-state index in [1.165, 1.54) is 25.0 Å². The van der Waals surface area contributed by atoms with E-state index in [1.54, 1.807) is 11.3 Å². The average Bonchev–Trinajstić information content (AvgIpc) is 2.34. The van der Waals surface area contributed by atoms with Gasteiger partial charge in [-0.2, -0.15) is 0 Å². The highest BCUT2D eigenvalue weighted by Gasteiger charge is 2.21. The van der Waals surface area contributed by atoms with E-state index in [-0.39, 0.29) is 0 Å². The van der Waals surface area contributed by atoms with E-state index in [0.717, 1.165) is 10.9 Å². The summed E-state index contributed by atoms with van der Waals surface area (Å²) in [6.07, 6.45) is 4.01. The van der Waals surface area contributed by atoms with Crippen molar-refractivity contribution >= 4 is 11.3 Å². The van der Waals surface area contributed by atoms with Crippen molar-refractivity contribution < 1.29 is 0 Å². The summed E-state index contributed by atoms with van der Waals surface area (Å²) in [4.78, 5) is 4.50. The number of nitrogens with one attached hydrogen (secondary N) is 1. The van der Waals surface area contributed by atoms with Crippen molar-refractivity contribution in [3.05, 3.63) is 16.1 Å². The lowest BCUT2D eigenvalue weighted by molar-refractivity contribution is 0.412. The number of thiazole rings is 1. The van der Waals surface area contributed by atoms with Crippen LogP contribution in [-0.2, 0) is 6.54 Å². The van der Waals surface area contributed by atoms with Gasteiger partial charge in [0.15, 0.2) is 0 Å². The second-order valence-electron chi connectivity index (χ2n) is 3.17. The van der Waals surface area contributed by atoms with Crippen LogP contribution in [0.1, 0.15) is 35.9 Å². The van der Waals surface area contributed by atoms with Crippen LogP contribution in [0.2, 0.25) is 0 Å². The molecule has 2 rings (SSSR count). The van der Waals surface area contributed by atoms with Crippen molar-refractivity contribution in [3.8, 4) is 0 Å². The van der Waals surface area contributed by atoms with Gasteiger partial charge in [0.25, 0.3) is 0 Å². The van der Waals surface area contributed by atoms with Gasteiger partial charge in [-0.05, 0) is 12.8 Å². The zero-order valence-electron chi connectivity index (χ0n) is 6.92. The number of hydrogen-bond acceptors (Lipinski definition) is 4. The van der Waals surface area contributed by atoms with E-state index in [4.69, 9.17) is 5.84 Å². The van der Waals surface area contributed by atoms with Gasteiger partial charge in [-0.3, -0.25) is 11.3 Å². The van der Waals surface area contributed by atoms with Gasteiger partial charge in [0, 0.05) is 11.3 Å². The lowest BCUT2D eigenvalue weighted by Crippen LogP contribution is -2.20. The van der Waals surface area contributed by atoms with Crippen molar-refractivity contribution in [3.63, 3.8) is 0 Å². The third-order valence-corrected chi connectivity index (χ3v) is 3.21. The van der Waals surface area contributed by atoms with Gasteiger partial charge in [-0.1, -0.05) is 6.42 Å². The van der Waals surface area contributed by atoms with E-state index < -0.39 is 0 Å². The minimum Gasteiger partial charge on any atom is -0.271 e. The van der Waals surface area contributed by atoms with Crippen molar-refractivity contribution in [1.82, 2.24) is 10.4 Å². The van der Waals surface area contributed by atoms with E-state index >= 15 is 0 Å². The molecule has 0 aromatic carbocycles. The summed E-state index contributed by atoms with van der Waals surface area (Å²) in [6, 6.07) is 0. The van der Waals surface area contributed by atoms with E-state index in [0.29, 0.717) is 6.54 Å². The fourth-order valence-electron chi connectivity index (χ4n) is 1.39. The van der Waals surface area contributed by atoms with Gasteiger partial charge in [-0.15, -0.1) is 11.3 Å². The Bertz CT molecular complexity index is 255. The lowest BCUT2D eigenvalue weighted by atomic mass is 9.83. The number of rotatable bonds is 3. The molecule has 12 heavy (non-hydrogen) atoms. The minimum absolute atomic E-state index is 0.692. The van der Waals surface area contributed by atoms with Gasteiger partial charge in [0.1, 0.15) is 5.01 Å². The Hall–Kier alpha value is -0.450. The monoisotopic (exact) mass is 183 g/mol. The van der Waals surface area contributed by atoms with Gasteiger partial charge in [0.2, 0.25) is 0 Å². The Morgan fingerprint density at radius 3 is 3.08 bits per heavy atom. The average molecular weight is 183 g/mol. The highest BCUT2D eigenvalue weighted by molar-refractivity contribution is 7.09. The van der Waals surface area contributed by atoms with Gasteiger partial charge in [-0.25, -0.2) is 4.98 Å². The van der Waals surface area contributed by atoms with Gasteiger partial charge >= 0.3 is 0 Å². The van der Waals surface area contributed by atoms with Gasteiger partial charge < -0.3 is 0 Å². The normalized spacial score (nSPS) is 17.8. The quantitative estimate of drug-likeness (QED) is 0.549. The molecule has 1 heterocycles. The van der Waals surface area contributed by atoms with E-state index in [9.17, 15) is 0 Å². The molecule has 66 valence electrons. The van der Waals surface area contributed by atoms with E-state index in [1.807, 2.05) is 0 Å². The molecule has 0 amide bonds. The van der Waals surface area contributed by atoms with E-state index in [2.05, 4.69) is 15.8 Å². The molecular formula is C8H13N3S. The van der Waals surface area contributed by atoms with Crippen LogP contribution in [0, 0.1) is 0 Å². The third kappa shape index (κ3) is 1.50. The second kappa shape index (κ2) is 3.51. The molecule has 0 saturated heterocycles. The summed E-state index contributed by atoms with van der Waals surface area (Å²) >= 11 is 1.70. The number of nitrogens with zero attached hydrogens (tertiary/aromatic N) is 1. The fraction of sp³-hybridized carbons (Fsp3) is 0.625. The fourth-order valence-corrected chi connectivity index (χ4v) is 2.21. The molecule has 1 aliphatic carbocycles. The molecule has 1 aromatic rings. The van der Waals surface area contributed by atoms with Crippen LogP contribution < -0.4 is 11.3 Å². The lowest BCUT2D eigenvalue weighted by Gasteiger charge is -2.22. The number of hydrazine groups is 1. The summed E-state index contributed by atoms with van der Waals surface area (Å²) in [5, 5.41) is 3.26. The zero-order valence-corrected chi connectivity index (χ0v) is 7.73. The summed E-state index contributed by atoms with van der Waals surface area (Å²) in [5.41, 5.74) is 3.89. The van der Waals surface area contributed by atoms with Crippen LogP contribution in [0.3, 0.4) is 0 Å². The Kier molecular flexibility index (Phi) is 2.39. The smallest absolute Gasteiger partial charge is 0.108 e. The van der Waals surface area contributed by atoms with Gasteiger partial charge in [0.05, 0.1) is 12.2 Å². The van der Waals surface area contributed by atoms with Crippen molar-refractivity contribution in [2.75, 3.05) is 0 Å². The topological polar surface area (TPSA) is 50.9 Å². The summed E-state index contributed by atoms with van der Waals surface area (Å²) < 4.78 is 0. The molecule has 1 fully saturated rings. The van der Waals surface area contributed by atoms with Crippen LogP contribution in [0.5, 0.6) is 0 Å². The molecule has 0 aliphatic heterocycles. The molecule has 1 aromatic heterocycles. The summed E-state index contributed by atoms with van der Waals surface area (Å²) in [5.74, 6) is 5.95.